The Balaban J connectivity index is 2.25. The second kappa shape index (κ2) is 12.7. The molecule has 1 aromatic carbocycles. The molecule has 1 N–H and O–H groups in total. The van der Waals surface area contributed by atoms with Gasteiger partial charge in [0.05, 0.1) is 5.71 Å². The van der Waals surface area contributed by atoms with Crippen molar-refractivity contribution in [1.29, 1.82) is 0 Å². The number of rotatable bonds is 12. The van der Waals surface area contributed by atoms with Crippen molar-refractivity contribution >= 4 is 11.6 Å². The smallest absolute Gasteiger partial charge is 0.240 e. The first-order chi connectivity index (χ1) is 11.7. The van der Waals surface area contributed by atoms with Gasteiger partial charge in [0.2, 0.25) is 5.91 Å². The molecule has 0 fully saturated rings. The van der Waals surface area contributed by atoms with E-state index in [1.807, 2.05) is 6.92 Å². The summed E-state index contributed by atoms with van der Waals surface area (Å²) < 4.78 is 0. The lowest BCUT2D eigenvalue weighted by Gasteiger charge is -2.05. The first kappa shape index (κ1) is 20.4. The molecule has 0 spiro atoms. The minimum absolute atomic E-state index is 0.0190. The van der Waals surface area contributed by atoms with Crippen LogP contribution in [-0.2, 0) is 11.2 Å². The second-order valence-corrected chi connectivity index (χ2v) is 6.55. The third kappa shape index (κ3) is 8.85. The standard InChI is InChI=1S/C21H34N2O/c1-4-6-7-8-9-10-11-13-21(24)23-22-18(3)20-16-14-19(12-5-2)15-17-20/h14-17H,4-13H2,1-3H3,(H,23,24)/b22-18+. The molecule has 1 rings (SSSR count). The minimum Gasteiger partial charge on any atom is -0.273 e. The number of aryl methyl sites for hydroxylation is 1. The Labute approximate surface area is 147 Å². The number of benzene rings is 1. The SMILES string of the molecule is CCCCCCCCCC(=O)N/N=C(\C)c1ccc(CCC)cc1. The minimum atomic E-state index is 0.0190. The van der Waals surface area contributed by atoms with E-state index in [1.165, 1.54) is 37.7 Å². The summed E-state index contributed by atoms with van der Waals surface area (Å²) in [6.07, 6.45) is 11.4. The number of nitrogens with one attached hydrogen (secondary N) is 1. The number of nitrogens with zero attached hydrogens (tertiary/aromatic N) is 1. The van der Waals surface area contributed by atoms with Crippen LogP contribution in [0.1, 0.15) is 89.7 Å². The van der Waals surface area contributed by atoms with Crippen LogP contribution in [0.4, 0.5) is 0 Å². The molecular formula is C21H34N2O. The average Bonchev–Trinajstić information content (AvgIpc) is 2.60. The summed E-state index contributed by atoms with van der Waals surface area (Å²) in [5.74, 6) is 0.0190. The molecule has 1 amide bonds. The molecule has 0 aliphatic carbocycles. The quantitative estimate of drug-likeness (QED) is 0.301. The molecule has 0 bridgehead atoms. The van der Waals surface area contributed by atoms with Crippen LogP contribution in [0.2, 0.25) is 0 Å². The van der Waals surface area contributed by atoms with Gasteiger partial charge in [0, 0.05) is 6.42 Å². The number of carbonyl (C=O) groups is 1. The number of hydrogen-bond donors (Lipinski definition) is 1. The van der Waals surface area contributed by atoms with Crippen LogP contribution < -0.4 is 5.43 Å². The molecule has 0 aliphatic rings. The first-order valence-electron chi connectivity index (χ1n) is 9.59. The van der Waals surface area contributed by atoms with Crippen LogP contribution in [0.15, 0.2) is 29.4 Å². The largest absolute Gasteiger partial charge is 0.273 e. The first-order valence-corrected chi connectivity index (χ1v) is 9.59. The van der Waals surface area contributed by atoms with Gasteiger partial charge in [-0.15, -0.1) is 0 Å². The lowest BCUT2D eigenvalue weighted by atomic mass is 10.1. The summed E-state index contributed by atoms with van der Waals surface area (Å²) in [6.45, 7) is 6.34. The van der Waals surface area contributed by atoms with Crippen molar-refractivity contribution in [3.63, 3.8) is 0 Å². The molecule has 0 radical (unpaired) electrons. The molecule has 3 heteroatoms. The highest BCUT2D eigenvalue weighted by Crippen LogP contribution is 2.09. The van der Waals surface area contributed by atoms with Crippen LogP contribution in [0.25, 0.3) is 0 Å². The third-order valence-electron chi connectivity index (χ3n) is 4.27. The normalized spacial score (nSPS) is 11.5. The van der Waals surface area contributed by atoms with Crippen LogP contribution in [-0.4, -0.2) is 11.6 Å². The van der Waals surface area contributed by atoms with Crippen molar-refractivity contribution in [1.82, 2.24) is 5.43 Å². The van der Waals surface area contributed by atoms with E-state index in [-0.39, 0.29) is 5.91 Å². The van der Waals surface area contributed by atoms with Crippen molar-refractivity contribution < 1.29 is 4.79 Å². The van der Waals surface area contributed by atoms with Crippen molar-refractivity contribution in [2.45, 2.75) is 85.0 Å². The van der Waals surface area contributed by atoms with Gasteiger partial charge in [-0.1, -0.05) is 83.1 Å². The molecular weight excluding hydrogens is 296 g/mol. The van der Waals surface area contributed by atoms with Crippen molar-refractivity contribution in [2.24, 2.45) is 5.10 Å². The van der Waals surface area contributed by atoms with E-state index in [0.29, 0.717) is 6.42 Å². The van der Waals surface area contributed by atoms with Crippen LogP contribution >= 0.6 is 0 Å². The van der Waals surface area contributed by atoms with Crippen molar-refractivity contribution in [2.75, 3.05) is 0 Å². The van der Waals surface area contributed by atoms with Crippen molar-refractivity contribution in [3.8, 4) is 0 Å². The van der Waals surface area contributed by atoms with E-state index in [1.54, 1.807) is 0 Å². The lowest BCUT2D eigenvalue weighted by Crippen LogP contribution is -2.18. The van der Waals surface area contributed by atoms with E-state index >= 15 is 0 Å². The maximum Gasteiger partial charge on any atom is 0.240 e. The molecule has 0 atom stereocenters. The molecule has 0 aromatic heterocycles. The van der Waals surface area contributed by atoms with Crippen LogP contribution in [0, 0.1) is 0 Å². The topological polar surface area (TPSA) is 41.5 Å². The van der Waals surface area contributed by atoms with Gasteiger partial charge in [-0.3, -0.25) is 4.79 Å². The zero-order valence-corrected chi connectivity index (χ0v) is 15.7. The molecule has 24 heavy (non-hydrogen) atoms. The fourth-order valence-electron chi connectivity index (χ4n) is 2.71. The van der Waals surface area contributed by atoms with Gasteiger partial charge in [-0.2, -0.15) is 5.10 Å². The van der Waals surface area contributed by atoms with Crippen molar-refractivity contribution in [3.05, 3.63) is 35.4 Å². The van der Waals surface area contributed by atoms with E-state index in [2.05, 4.69) is 48.6 Å². The number of carbonyl (C=O) groups excluding carboxylic acids is 1. The monoisotopic (exact) mass is 330 g/mol. The third-order valence-corrected chi connectivity index (χ3v) is 4.27. The van der Waals surface area contributed by atoms with E-state index in [0.717, 1.165) is 37.0 Å². The Morgan fingerprint density at radius 1 is 0.917 bits per heavy atom. The fraction of sp³-hybridized carbons (Fsp3) is 0.619. The molecule has 0 unspecified atom stereocenters. The van der Waals surface area contributed by atoms with Gasteiger partial charge in [-0.05, 0) is 30.9 Å². The number of hydrogen-bond acceptors (Lipinski definition) is 2. The number of hydrazone groups is 1. The number of unbranched alkanes of at least 4 members (excludes halogenated alkanes) is 6. The Kier molecular flexibility index (Phi) is 10.8. The molecule has 0 saturated heterocycles. The molecule has 3 nitrogen and oxygen atoms in total. The summed E-state index contributed by atoms with van der Waals surface area (Å²) in [5.41, 5.74) is 5.94. The predicted molar refractivity (Wildman–Crippen MR) is 103 cm³/mol. The lowest BCUT2D eigenvalue weighted by molar-refractivity contribution is -0.121. The summed E-state index contributed by atoms with van der Waals surface area (Å²) in [4.78, 5) is 11.8. The highest BCUT2D eigenvalue weighted by Gasteiger charge is 2.02. The Bertz CT molecular complexity index is 491. The Hall–Kier alpha value is -1.64. The molecule has 134 valence electrons. The van der Waals surface area contributed by atoms with Gasteiger partial charge in [0.15, 0.2) is 0 Å². The predicted octanol–water partition coefficient (Wildman–Crippen LogP) is 5.62. The fourth-order valence-corrected chi connectivity index (χ4v) is 2.71. The van der Waals surface area contributed by atoms with E-state index < -0.39 is 0 Å². The van der Waals surface area contributed by atoms with Gasteiger partial charge in [0.25, 0.3) is 0 Å². The molecule has 1 aromatic rings. The summed E-state index contributed by atoms with van der Waals surface area (Å²) in [6, 6.07) is 8.43. The summed E-state index contributed by atoms with van der Waals surface area (Å²) in [5, 5.41) is 4.23. The summed E-state index contributed by atoms with van der Waals surface area (Å²) >= 11 is 0. The zero-order valence-electron chi connectivity index (χ0n) is 15.7. The van der Waals surface area contributed by atoms with E-state index in [9.17, 15) is 4.79 Å². The molecule has 0 saturated carbocycles. The van der Waals surface area contributed by atoms with E-state index in [4.69, 9.17) is 0 Å². The maximum absolute atomic E-state index is 11.8. The Morgan fingerprint density at radius 2 is 1.54 bits per heavy atom. The second-order valence-electron chi connectivity index (χ2n) is 6.55. The zero-order chi connectivity index (χ0) is 17.6. The summed E-state index contributed by atoms with van der Waals surface area (Å²) in [7, 11) is 0. The highest BCUT2D eigenvalue weighted by atomic mass is 16.2. The Morgan fingerprint density at radius 3 is 2.17 bits per heavy atom. The molecule has 0 heterocycles. The van der Waals surface area contributed by atoms with Gasteiger partial charge in [-0.25, -0.2) is 5.43 Å². The van der Waals surface area contributed by atoms with Crippen LogP contribution in [0.5, 0.6) is 0 Å². The number of amides is 1. The molecule has 0 aliphatic heterocycles. The van der Waals surface area contributed by atoms with Gasteiger partial charge in [0.1, 0.15) is 0 Å². The average molecular weight is 331 g/mol. The van der Waals surface area contributed by atoms with Gasteiger partial charge >= 0.3 is 0 Å². The van der Waals surface area contributed by atoms with Crippen LogP contribution in [0.3, 0.4) is 0 Å². The highest BCUT2D eigenvalue weighted by molar-refractivity contribution is 5.99. The van der Waals surface area contributed by atoms with Gasteiger partial charge < -0.3 is 0 Å². The maximum atomic E-state index is 11.8.